The molecule has 1 saturated heterocycles. The van der Waals surface area contributed by atoms with Crippen molar-refractivity contribution in [3.05, 3.63) is 0 Å². The molecule has 3 aliphatic rings. The minimum absolute atomic E-state index is 0.357. The quantitative estimate of drug-likeness (QED) is 0.717. The van der Waals surface area contributed by atoms with Crippen molar-refractivity contribution in [2.24, 2.45) is 0 Å². The van der Waals surface area contributed by atoms with Crippen LogP contribution in [0.1, 0.15) is 44.9 Å². The van der Waals surface area contributed by atoms with Gasteiger partial charge in [-0.25, -0.2) is 0 Å². The van der Waals surface area contributed by atoms with E-state index in [0.717, 1.165) is 12.6 Å². The normalized spacial score (nSPS) is 36.5. The molecule has 0 aromatic carbocycles. The molecule has 1 spiro atoms. The van der Waals surface area contributed by atoms with Gasteiger partial charge < -0.3 is 10.1 Å². The van der Waals surface area contributed by atoms with Crippen LogP contribution >= 0.6 is 0 Å². The molecule has 2 aliphatic carbocycles. The highest BCUT2D eigenvalue weighted by Gasteiger charge is 2.44. The van der Waals surface area contributed by atoms with Gasteiger partial charge >= 0.3 is 0 Å². The van der Waals surface area contributed by atoms with E-state index in [-0.39, 0.29) is 0 Å². The Bertz CT molecular complexity index is 196. The SMILES string of the molecule is C1CC2(C1)CCC(CNC1CC1)O2. The predicted molar refractivity (Wildman–Crippen MR) is 51.7 cm³/mol. The molecule has 0 amide bonds. The number of hydrogen-bond acceptors (Lipinski definition) is 2. The Morgan fingerprint density at radius 2 is 2.00 bits per heavy atom. The smallest absolute Gasteiger partial charge is 0.0708 e. The molecule has 1 aliphatic heterocycles. The maximum absolute atomic E-state index is 6.10. The van der Waals surface area contributed by atoms with Crippen molar-refractivity contribution in [3.8, 4) is 0 Å². The maximum Gasteiger partial charge on any atom is 0.0708 e. The zero-order chi connectivity index (χ0) is 8.73. The third kappa shape index (κ3) is 1.62. The second kappa shape index (κ2) is 2.96. The van der Waals surface area contributed by atoms with Gasteiger partial charge in [0.05, 0.1) is 11.7 Å². The third-order valence-electron chi connectivity index (χ3n) is 3.81. The van der Waals surface area contributed by atoms with E-state index in [2.05, 4.69) is 5.32 Å². The Morgan fingerprint density at radius 3 is 2.54 bits per heavy atom. The average molecular weight is 181 g/mol. The van der Waals surface area contributed by atoms with E-state index in [1.165, 1.54) is 44.9 Å². The summed E-state index contributed by atoms with van der Waals surface area (Å²) in [5.74, 6) is 0. The van der Waals surface area contributed by atoms with Gasteiger partial charge in [-0.2, -0.15) is 0 Å². The molecule has 3 fully saturated rings. The van der Waals surface area contributed by atoms with E-state index in [1.807, 2.05) is 0 Å². The summed E-state index contributed by atoms with van der Waals surface area (Å²) >= 11 is 0. The Kier molecular flexibility index (Phi) is 1.88. The Balaban J connectivity index is 1.45. The molecule has 3 rings (SSSR count). The lowest BCUT2D eigenvalue weighted by Gasteiger charge is -2.38. The first-order valence-electron chi connectivity index (χ1n) is 5.78. The van der Waals surface area contributed by atoms with Crippen LogP contribution in [-0.4, -0.2) is 24.3 Å². The van der Waals surface area contributed by atoms with Gasteiger partial charge in [-0.15, -0.1) is 0 Å². The van der Waals surface area contributed by atoms with Gasteiger partial charge in [-0.1, -0.05) is 0 Å². The van der Waals surface area contributed by atoms with Crippen molar-refractivity contribution in [2.45, 2.75) is 62.7 Å². The monoisotopic (exact) mass is 181 g/mol. The number of ether oxygens (including phenoxy) is 1. The molecule has 0 bridgehead atoms. The summed E-state index contributed by atoms with van der Waals surface area (Å²) < 4.78 is 6.10. The van der Waals surface area contributed by atoms with Gasteiger partial charge in [0.2, 0.25) is 0 Å². The molecule has 0 aromatic rings. The third-order valence-corrected chi connectivity index (χ3v) is 3.81. The average Bonchev–Trinajstić information content (AvgIpc) is 2.79. The largest absolute Gasteiger partial charge is 0.370 e. The first kappa shape index (κ1) is 8.25. The van der Waals surface area contributed by atoms with Crippen LogP contribution in [0.4, 0.5) is 0 Å². The van der Waals surface area contributed by atoms with Gasteiger partial charge in [-0.05, 0) is 44.9 Å². The van der Waals surface area contributed by atoms with Gasteiger partial charge in [0.25, 0.3) is 0 Å². The van der Waals surface area contributed by atoms with Gasteiger partial charge in [0.1, 0.15) is 0 Å². The van der Waals surface area contributed by atoms with Gasteiger partial charge in [-0.3, -0.25) is 0 Å². The minimum Gasteiger partial charge on any atom is -0.370 e. The number of nitrogens with one attached hydrogen (secondary N) is 1. The highest BCUT2D eigenvalue weighted by Crippen LogP contribution is 2.45. The molecule has 1 atom stereocenters. The molecular formula is C11H19NO. The van der Waals surface area contributed by atoms with Crippen molar-refractivity contribution >= 4 is 0 Å². The molecule has 2 saturated carbocycles. The second-order valence-electron chi connectivity index (χ2n) is 5.00. The number of rotatable bonds is 3. The fraction of sp³-hybridized carbons (Fsp3) is 1.00. The zero-order valence-electron chi connectivity index (χ0n) is 8.22. The van der Waals surface area contributed by atoms with E-state index in [4.69, 9.17) is 4.74 Å². The minimum atomic E-state index is 0.357. The van der Waals surface area contributed by atoms with Crippen molar-refractivity contribution in [2.75, 3.05) is 6.54 Å². The van der Waals surface area contributed by atoms with Crippen LogP contribution in [0, 0.1) is 0 Å². The first-order valence-corrected chi connectivity index (χ1v) is 5.78. The Hall–Kier alpha value is -0.0800. The fourth-order valence-electron chi connectivity index (χ4n) is 2.56. The fourth-order valence-corrected chi connectivity index (χ4v) is 2.56. The molecule has 13 heavy (non-hydrogen) atoms. The molecular weight excluding hydrogens is 162 g/mol. The topological polar surface area (TPSA) is 21.3 Å². The van der Waals surface area contributed by atoms with Gasteiger partial charge in [0.15, 0.2) is 0 Å². The summed E-state index contributed by atoms with van der Waals surface area (Å²) in [6.07, 6.45) is 9.96. The molecule has 1 unspecified atom stereocenters. The van der Waals surface area contributed by atoms with Crippen molar-refractivity contribution < 1.29 is 4.74 Å². The van der Waals surface area contributed by atoms with E-state index < -0.39 is 0 Å². The summed E-state index contributed by atoms with van der Waals surface area (Å²) in [7, 11) is 0. The van der Waals surface area contributed by atoms with Crippen molar-refractivity contribution in [1.29, 1.82) is 0 Å². The second-order valence-corrected chi connectivity index (χ2v) is 5.00. The lowest BCUT2D eigenvalue weighted by Crippen LogP contribution is -2.38. The number of hydrogen-bond donors (Lipinski definition) is 1. The van der Waals surface area contributed by atoms with E-state index >= 15 is 0 Å². The molecule has 1 N–H and O–H groups in total. The van der Waals surface area contributed by atoms with Crippen LogP contribution in [0.25, 0.3) is 0 Å². The highest BCUT2D eigenvalue weighted by atomic mass is 16.5. The predicted octanol–water partition coefficient (Wildman–Crippen LogP) is 1.84. The summed E-state index contributed by atoms with van der Waals surface area (Å²) in [5, 5.41) is 3.56. The van der Waals surface area contributed by atoms with Crippen molar-refractivity contribution in [1.82, 2.24) is 5.32 Å². The van der Waals surface area contributed by atoms with Crippen LogP contribution in [0.2, 0.25) is 0 Å². The summed E-state index contributed by atoms with van der Waals surface area (Å²) in [5.41, 5.74) is 0.357. The molecule has 2 heteroatoms. The highest BCUT2D eigenvalue weighted by molar-refractivity contribution is 4.96. The lowest BCUT2D eigenvalue weighted by molar-refractivity contribution is -0.0897. The van der Waals surface area contributed by atoms with E-state index in [0.29, 0.717) is 11.7 Å². The van der Waals surface area contributed by atoms with Crippen LogP contribution in [0.15, 0.2) is 0 Å². The van der Waals surface area contributed by atoms with Crippen LogP contribution in [0.3, 0.4) is 0 Å². The molecule has 0 radical (unpaired) electrons. The van der Waals surface area contributed by atoms with Crippen LogP contribution < -0.4 is 5.32 Å². The molecule has 0 aromatic heterocycles. The molecule has 2 nitrogen and oxygen atoms in total. The van der Waals surface area contributed by atoms with E-state index in [9.17, 15) is 0 Å². The molecule has 1 heterocycles. The Labute approximate surface area is 80.0 Å². The molecule has 74 valence electrons. The van der Waals surface area contributed by atoms with Crippen molar-refractivity contribution in [3.63, 3.8) is 0 Å². The maximum atomic E-state index is 6.10. The van der Waals surface area contributed by atoms with Crippen LogP contribution in [-0.2, 0) is 4.74 Å². The first-order chi connectivity index (χ1) is 6.36. The van der Waals surface area contributed by atoms with E-state index in [1.54, 1.807) is 0 Å². The van der Waals surface area contributed by atoms with Gasteiger partial charge in [0, 0.05) is 12.6 Å². The lowest BCUT2D eigenvalue weighted by atomic mass is 9.78. The summed E-state index contributed by atoms with van der Waals surface area (Å²) in [6.45, 7) is 1.10. The Morgan fingerprint density at radius 1 is 1.15 bits per heavy atom. The summed E-state index contributed by atoms with van der Waals surface area (Å²) in [4.78, 5) is 0. The standard InChI is InChI=1S/C11H19NO/c1-5-11(6-1)7-4-10(13-11)8-12-9-2-3-9/h9-10,12H,1-8H2. The summed E-state index contributed by atoms with van der Waals surface area (Å²) in [6, 6.07) is 0.835. The zero-order valence-corrected chi connectivity index (χ0v) is 8.22. The van der Waals surface area contributed by atoms with Crippen LogP contribution in [0.5, 0.6) is 0 Å².